The second-order valence-electron chi connectivity index (χ2n) is 11.8. The number of ketones is 1. The molecule has 5 aromatic rings. The molecule has 0 aliphatic carbocycles. The molecule has 0 saturated carbocycles. The Labute approximate surface area is 300 Å². The molecule has 1 saturated heterocycles. The Morgan fingerprint density at radius 2 is 1.73 bits per heavy atom. The third-order valence-corrected chi connectivity index (χ3v) is 8.84. The lowest BCUT2D eigenvalue weighted by Crippen LogP contribution is -2.54. The van der Waals surface area contributed by atoms with Crippen LogP contribution >= 0.6 is 11.6 Å². The Kier molecular flexibility index (Phi) is 9.33. The summed E-state index contributed by atoms with van der Waals surface area (Å²) < 4.78 is 5.82. The van der Waals surface area contributed by atoms with Crippen LogP contribution in [0.5, 0.6) is 11.5 Å². The lowest BCUT2D eigenvalue weighted by Gasteiger charge is -2.27. The molecule has 16 heteroatoms. The van der Waals surface area contributed by atoms with Crippen LogP contribution in [0.15, 0.2) is 79.3 Å². The van der Waals surface area contributed by atoms with E-state index in [1.54, 1.807) is 42.5 Å². The number of H-pyrrole nitrogens is 1. The number of anilines is 2. The summed E-state index contributed by atoms with van der Waals surface area (Å²) in [6.45, 7) is 0.163. The van der Waals surface area contributed by atoms with Crippen LogP contribution in [0, 0.1) is 0 Å². The molecule has 1 fully saturated rings. The fourth-order valence-corrected chi connectivity index (χ4v) is 6.33. The van der Waals surface area contributed by atoms with Gasteiger partial charge in [0.15, 0.2) is 5.78 Å². The molecule has 2 aliphatic rings. The predicted octanol–water partition coefficient (Wildman–Crippen LogP) is 3.68. The summed E-state index contributed by atoms with van der Waals surface area (Å²) >= 11 is 6.52. The summed E-state index contributed by atoms with van der Waals surface area (Å²) in [4.78, 5) is 89.1. The Hall–Kier alpha value is -6.61. The smallest absolute Gasteiger partial charge is 0.264 e. The van der Waals surface area contributed by atoms with E-state index in [0.29, 0.717) is 28.2 Å². The van der Waals surface area contributed by atoms with Gasteiger partial charge < -0.3 is 25.7 Å². The number of fused-ring (bicyclic) bond motifs is 2. The number of halogens is 1. The number of hydrogen-bond acceptors (Lipinski definition) is 11. The Morgan fingerprint density at radius 1 is 0.904 bits per heavy atom. The monoisotopic (exact) mass is 720 g/mol. The lowest BCUT2D eigenvalue weighted by molar-refractivity contribution is -0.136. The number of nitrogens with one attached hydrogen (secondary N) is 5. The van der Waals surface area contributed by atoms with Gasteiger partial charge in [-0.2, -0.15) is 0 Å². The minimum atomic E-state index is -1.08. The minimum Gasteiger partial charge on any atom is -0.457 e. The molecule has 0 bridgehead atoms. The van der Waals surface area contributed by atoms with E-state index in [9.17, 15) is 28.8 Å². The van der Waals surface area contributed by atoms with Gasteiger partial charge in [-0.15, -0.1) is 0 Å². The number of amides is 5. The van der Waals surface area contributed by atoms with Crippen molar-refractivity contribution in [2.45, 2.75) is 18.9 Å². The van der Waals surface area contributed by atoms with Crippen molar-refractivity contribution >= 4 is 69.5 Å². The first-order valence-electron chi connectivity index (χ1n) is 16.2. The maximum absolute atomic E-state index is 13.6. The van der Waals surface area contributed by atoms with Crippen molar-refractivity contribution in [3.8, 4) is 11.5 Å². The molecule has 5 amide bonds. The Balaban J connectivity index is 0.958. The van der Waals surface area contributed by atoms with Crippen LogP contribution in [0.3, 0.4) is 0 Å². The molecule has 52 heavy (non-hydrogen) atoms. The van der Waals surface area contributed by atoms with Crippen molar-refractivity contribution < 1.29 is 33.5 Å². The van der Waals surface area contributed by atoms with Gasteiger partial charge >= 0.3 is 0 Å². The number of benzene rings is 3. The lowest BCUT2D eigenvalue weighted by atomic mass is 10.0. The standard InChI is InChI=1S/C36H29ClN8O7/c37-24-15-20(52-19-5-2-1-3-6-19)9-10-21(24)31(48)23-16-40-32-30(23)33(43-18-42-32)41-17-28(47)39-14-13-38-25-8-4-7-22-29(25)36(51)45(35(22)50)26-11-12-27(46)44-34(26)49/h1-10,15-16,18,26,38H,11-14,17H2,(H,39,47)(H,44,46,49)(H2,40,41,42,43). The van der Waals surface area contributed by atoms with Crippen LogP contribution < -0.4 is 26.0 Å². The van der Waals surface area contributed by atoms with Crippen molar-refractivity contribution in [1.29, 1.82) is 0 Å². The summed E-state index contributed by atoms with van der Waals surface area (Å²) in [6.07, 6.45) is 2.87. The van der Waals surface area contributed by atoms with E-state index in [0.717, 1.165) is 4.90 Å². The molecule has 15 nitrogen and oxygen atoms in total. The van der Waals surface area contributed by atoms with E-state index in [1.807, 2.05) is 18.2 Å². The van der Waals surface area contributed by atoms with E-state index in [4.69, 9.17) is 16.3 Å². The zero-order chi connectivity index (χ0) is 36.4. The fraction of sp³-hybridized carbons (Fsp3) is 0.167. The molecule has 2 aliphatic heterocycles. The van der Waals surface area contributed by atoms with Gasteiger partial charge in [0.2, 0.25) is 17.7 Å². The molecular weight excluding hydrogens is 692 g/mol. The van der Waals surface area contributed by atoms with Crippen LogP contribution in [0.4, 0.5) is 11.5 Å². The number of aromatic nitrogens is 3. The quantitative estimate of drug-likeness (QED) is 0.0714. The van der Waals surface area contributed by atoms with Crippen LogP contribution in [0.1, 0.15) is 49.5 Å². The number of ether oxygens (including phenoxy) is 1. The van der Waals surface area contributed by atoms with Gasteiger partial charge in [-0.05, 0) is 42.8 Å². The highest BCUT2D eigenvalue weighted by Gasteiger charge is 2.45. The highest BCUT2D eigenvalue weighted by Crippen LogP contribution is 2.33. The third-order valence-electron chi connectivity index (χ3n) is 8.53. The predicted molar refractivity (Wildman–Crippen MR) is 188 cm³/mol. The Bertz CT molecular complexity index is 2280. The summed E-state index contributed by atoms with van der Waals surface area (Å²) in [5, 5.41) is 11.5. The van der Waals surface area contributed by atoms with Gasteiger partial charge in [0, 0.05) is 43.0 Å². The van der Waals surface area contributed by atoms with Crippen LogP contribution in [0.2, 0.25) is 5.02 Å². The number of aromatic amines is 1. The van der Waals surface area contributed by atoms with Crippen molar-refractivity contribution in [2.75, 3.05) is 30.3 Å². The molecule has 5 N–H and O–H groups in total. The SMILES string of the molecule is O=C(CNc1ncnc2[nH]cc(C(=O)c3ccc(Oc4ccccc4)cc3Cl)c12)NCCNc1cccc2c1C(=O)N(C1CCC(=O)NC1=O)C2=O. The Morgan fingerprint density at radius 3 is 2.52 bits per heavy atom. The van der Waals surface area contributed by atoms with Crippen LogP contribution in [-0.2, 0) is 14.4 Å². The zero-order valence-electron chi connectivity index (χ0n) is 27.2. The average molecular weight is 721 g/mol. The van der Waals surface area contributed by atoms with E-state index in [-0.39, 0.29) is 77.3 Å². The number of hydrogen-bond donors (Lipinski definition) is 5. The van der Waals surface area contributed by atoms with Crippen molar-refractivity contribution in [1.82, 2.24) is 30.5 Å². The first-order valence-corrected chi connectivity index (χ1v) is 16.6. The van der Waals surface area contributed by atoms with Gasteiger partial charge in [0.05, 0.1) is 33.6 Å². The van der Waals surface area contributed by atoms with Gasteiger partial charge in [-0.3, -0.25) is 39.0 Å². The van der Waals surface area contributed by atoms with Gasteiger partial charge in [-0.1, -0.05) is 35.9 Å². The summed E-state index contributed by atoms with van der Waals surface area (Å²) in [5.74, 6) is -1.83. The summed E-state index contributed by atoms with van der Waals surface area (Å²) in [5.41, 5.74) is 1.49. The number of piperidine rings is 1. The minimum absolute atomic E-state index is 0.0193. The van der Waals surface area contributed by atoms with Crippen LogP contribution in [0.25, 0.3) is 11.0 Å². The van der Waals surface area contributed by atoms with Crippen molar-refractivity contribution in [3.05, 3.63) is 107 Å². The number of carbonyl (C=O) groups is 6. The maximum atomic E-state index is 13.6. The number of rotatable bonds is 12. The van der Waals surface area contributed by atoms with Gasteiger partial charge in [0.1, 0.15) is 35.3 Å². The summed E-state index contributed by atoms with van der Waals surface area (Å²) in [7, 11) is 0. The molecule has 2 aromatic heterocycles. The highest BCUT2D eigenvalue weighted by molar-refractivity contribution is 6.36. The maximum Gasteiger partial charge on any atom is 0.264 e. The molecule has 7 rings (SSSR count). The molecule has 0 radical (unpaired) electrons. The van der Waals surface area contributed by atoms with Crippen LogP contribution in [-0.4, -0.2) is 80.8 Å². The number of imide groups is 2. The molecule has 0 spiro atoms. The van der Waals surface area contributed by atoms with E-state index >= 15 is 0 Å². The van der Waals surface area contributed by atoms with Crippen molar-refractivity contribution in [2.24, 2.45) is 0 Å². The molecule has 4 heterocycles. The second-order valence-corrected chi connectivity index (χ2v) is 12.2. The third kappa shape index (κ3) is 6.64. The van der Waals surface area contributed by atoms with E-state index in [2.05, 4.69) is 36.2 Å². The first kappa shape index (κ1) is 33.9. The molecule has 1 unspecified atom stereocenters. The highest BCUT2D eigenvalue weighted by atomic mass is 35.5. The molecule has 1 atom stereocenters. The normalized spacial score (nSPS) is 15.3. The zero-order valence-corrected chi connectivity index (χ0v) is 28.0. The topological polar surface area (TPSA) is 205 Å². The number of carbonyl (C=O) groups excluding carboxylic acids is 6. The van der Waals surface area contributed by atoms with Crippen molar-refractivity contribution in [3.63, 3.8) is 0 Å². The first-order chi connectivity index (χ1) is 25.2. The fourth-order valence-electron chi connectivity index (χ4n) is 6.08. The second kappa shape index (κ2) is 14.3. The van der Waals surface area contributed by atoms with E-state index < -0.39 is 29.7 Å². The molecule has 3 aromatic carbocycles. The molecular formula is C36H29ClN8O7. The number of para-hydroxylation sites is 1. The largest absolute Gasteiger partial charge is 0.457 e. The molecule has 262 valence electrons. The van der Waals surface area contributed by atoms with E-state index in [1.165, 1.54) is 18.6 Å². The average Bonchev–Trinajstić information content (AvgIpc) is 3.69. The van der Waals surface area contributed by atoms with Gasteiger partial charge in [0.25, 0.3) is 11.8 Å². The van der Waals surface area contributed by atoms with Gasteiger partial charge in [-0.25, -0.2) is 9.97 Å². The number of nitrogens with zero attached hydrogens (tertiary/aromatic N) is 3. The summed E-state index contributed by atoms with van der Waals surface area (Å²) in [6, 6.07) is 17.6.